The predicted molar refractivity (Wildman–Crippen MR) is 144 cm³/mol. The average molecular weight is 457 g/mol. The third kappa shape index (κ3) is 5.93. The molecular formula is C30H36N2O2. The zero-order valence-electron chi connectivity index (χ0n) is 21.1. The summed E-state index contributed by atoms with van der Waals surface area (Å²) >= 11 is 0. The van der Waals surface area contributed by atoms with Gasteiger partial charge in [-0.05, 0) is 91.1 Å². The molecule has 0 radical (unpaired) electrons. The number of rotatable bonds is 8. The smallest absolute Gasteiger partial charge is 0.127 e. The summed E-state index contributed by atoms with van der Waals surface area (Å²) in [5.74, 6) is 1.36. The van der Waals surface area contributed by atoms with Gasteiger partial charge in [0.05, 0.1) is 11.4 Å². The lowest BCUT2D eigenvalue weighted by Crippen LogP contribution is -1.96. The fraction of sp³-hybridized carbons (Fsp3) is 0.333. The first-order valence-corrected chi connectivity index (χ1v) is 12.1. The molecule has 2 N–H and O–H groups in total. The number of aliphatic imine (C=N–C) groups is 2. The molecule has 0 aliphatic carbocycles. The minimum atomic E-state index is 0.261. The Morgan fingerprint density at radius 2 is 1.12 bits per heavy atom. The Hall–Kier alpha value is -3.40. The molecule has 0 saturated carbocycles. The van der Waals surface area contributed by atoms with Crippen LogP contribution in [0.1, 0.15) is 85.8 Å². The van der Waals surface area contributed by atoms with E-state index in [1.165, 1.54) is 11.1 Å². The summed E-state index contributed by atoms with van der Waals surface area (Å²) in [6.45, 7) is 12.5. The first-order valence-electron chi connectivity index (χ1n) is 12.1. The van der Waals surface area contributed by atoms with Crippen LogP contribution in [0.4, 0.5) is 11.4 Å². The molecule has 34 heavy (non-hydrogen) atoms. The van der Waals surface area contributed by atoms with E-state index in [0.717, 1.165) is 35.3 Å². The van der Waals surface area contributed by atoms with E-state index in [9.17, 15) is 10.2 Å². The second kappa shape index (κ2) is 11.1. The van der Waals surface area contributed by atoms with Gasteiger partial charge in [0.15, 0.2) is 0 Å². The first-order chi connectivity index (χ1) is 16.2. The molecule has 4 nitrogen and oxygen atoms in total. The van der Waals surface area contributed by atoms with Gasteiger partial charge in [-0.15, -0.1) is 0 Å². The second-order valence-corrected chi connectivity index (χ2v) is 9.21. The van der Waals surface area contributed by atoms with Gasteiger partial charge in [0, 0.05) is 23.6 Å². The van der Waals surface area contributed by atoms with Crippen molar-refractivity contribution < 1.29 is 10.2 Å². The van der Waals surface area contributed by atoms with Crippen LogP contribution in [-0.2, 0) is 0 Å². The lowest BCUT2D eigenvalue weighted by molar-refractivity contribution is 0.469. The van der Waals surface area contributed by atoms with Gasteiger partial charge in [-0.3, -0.25) is 9.98 Å². The number of aromatic hydroxyl groups is 2. The molecule has 4 heteroatoms. The molecule has 0 saturated heterocycles. The van der Waals surface area contributed by atoms with Crippen molar-refractivity contribution in [1.29, 1.82) is 0 Å². The summed E-state index contributed by atoms with van der Waals surface area (Å²) in [6.07, 6.45) is 5.50. The highest BCUT2D eigenvalue weighted by atomic mass is 16.3. The summed E-state index contributed by atoms with van der Waals surface area (Å²) in [4.78, 5) is 9.18. The number of phenolic OH excluding ortho intramolecular Hbond substituents is 2. The van der Waals surface area contributed by atoms with Crippen LogP contribution in [0.3, 0.4) is 0 Å². The van der Waals surface area contributed by atoms with Crippen molar-refractivity contribution in [3.63, 3.8) is 0 Å². The summed E-state index contributed by atoms with van der Waals surface area (Å²) in [6, 6.07) is 15.7. The number of aryl methyl sites for hydroxylation is 2. The Morgan fingerprint density at radius 3 is 1.50 bits per heavy atom. The van der Waals surface area contributed by atoms with E-state index in [0.29, 0.717) is 23.0 Å². The van der Waals surface area contributed by atoms with Crippen LogP contribution in [0.15, 0.2) is 58.5 Å². The van der Waals surface area contributed by atoms with Crippen molar-refractivity contribution in [2.24, 2.45) is 9.98 Å². The van der Waals surface area contributed by atoms with Gasteiger partial charge in [-0.1, -0.05) is 45.9 Å². The van der Waals surface area contributed by atoms with Crippen molar-refractivity contribution in [3.05, 3.63) is 81.9 Å². The number of hydrogen-bond acceptors (Lipinski definition) is 4. The highest BCUT2D eigenvalue weighted by molar-refractivity contribution is 5.88. The van der Waals surface area contributed by atoms with Gasteiger partial charge in [-0.2, -0.15) is 0 Å². The van der Waals surface area contributed by atoms with E-state index in [1.54, 1.807) is 12.4 Å². The molecule has 2 unspecified atom stereocenters. The van der Waals surface area contributed by atoms with Gasteiger partial charge in [0.1, 0.15) is 11.5 Å². The molecule has 3 rings (SSSR count). The largest absolute Gasteiger partial charge is 0.507 e. The van der Waals surface area contributed by atoms with E-state index in [2.05, 4.69) is 37.7 Å². The molecule has 3 aromatic carbocycles. The van der Waals surface area contributed by atoms with Crippen molar-refractivity contribution in [2.45, 2.75) is 66.2 Å². The molecule has 0 amide bonds. The normalized spacial score (nSPS) is 13.6. The highest BCUT2D eigenvalue weighted by Crippen LogP contribution is 2.30. The molecule has 178 valence electrons. The molecule has 3 aromatic rings. The third-order valence-corrected chi connectivity index (χ3v) is 6.60. The van der Waals surface area contributed by atoms with E-state index in [1.807, 2.05) is 62.4 Å². The predicted octanol–water partition coefficient (Wildman–Crippen LogP) is 8.24. The Labute approximate surface area is 203 Å². The maximum absolute atomic E-state index is 10.5. The topological polar surface area (TPSA) is 65.2 Å². The zero-order valence-corrected chi connectivity index (χ0v) is 21.1. The number of hydrogen-bond donors (Lipinski definition) is 2. The fourth-order valence-electron chi connectivity index (χ4n) is 3.85. The van der Waals surface area contributed by atoms with Crippen LogP contribution in [0, 0.1) is 13.8 Å². The second-order valence-electron chi connectivity index (χ2n) is 9.21. The molecule has 0 aromatic heterocycles. The van der Waals surface area contributed by atoms with Crippen molar-refractivity contribution in [1.82, 2.24) is 0 Å². The van der Waals surface area contributed by atoms with Crippen LogP contribution in [0.5, 0.6) is 11.5 Å². The molecule has 0 aliphatic heterocycles. The molecule has 0 bridgehead atoms. The summed E-state index contributed by atoms with van der Waals surface area (Å²) in [7, 11) is 0. The van der Waals surface area contributed by atoms with Crippen LogP contribution in [0.2, 0.25) is 0 Å². The maximum Gasteiger partial charge on any atom is 0.127 e. The molecular weight excluding hydrogens is 420 g/mol. The molecule has 2 atom stereocenters. The van der Waals surface area contributed by atoms with Gasteiger partial charge in [-0.25, -0.2) is 0 Å². The van der Waals surface area contributed by atoms with E-state index < -0.39 is 0 Å². The molecule has 0 spiro atoms. The Morgan fingerprint density at radius 1 is 0.706 bits per heavy atom. The van der Waals surface area contributed by atoms with Crippen molar-refractivity contribution in [2.75, 3.05) is 0 Å². The summed E-state index contributed by atoms with van der Waals surface area (Å²) in [5, 5.41) is 21.0. The standard InChI is InChI=1S/C30H36N2O2/c1-7-19(3)23-12-21(5)29(33)25(14-23)17-31-27-10-9-11-28(16-27)32-18-26-15-24(20(4)8-2)13-22(6)30(26)34/h9-20,33-34H,7-8H2,1-6H3. The van der Waals surface area contributed by atoms with Crippen LogP contribution >= 0.6 is 0 Å². The van der Waals surface area contributed by atoms with E-state index >= 15 is 0 Å². The molecule has 0 aliphatic rings. The van der Waals surface area contributed by atoms with Crippen molar-refractivity contribution >= 4 is 23.8 Å². The van der Waals surface area contributed by atoms with Gasteiger partial charge < -0.3 is 10.2 Å². The minimum Gasteiger partial charge on any atom is -0.507 e. The quantitative estimate of drug-likeness (QED) is 0.335. The molecule has 0 fully saturated rings. The SMILES string of the molecule is CCC(C)c1cc(C)c(O)c(C=Nc2cccc(N=Cc3cc(C(C)CC)cc(C)c3O)c2)c1. The van der Waals surface area contributed by atoms with Crippen LogP contribution < -0.4 is 0 Å². The van der Waals surface area contributed by atoms with Gasteiger partial charge >= 0.3 is 0 Å². The molecule has 0 heterocycles. The Kier molecular flexibility index (Phi) is 8.27. The van der Waals surface area contributed by atoms with Crippen LogP contribution in [-0.4, -0.2) is 22.6 Å². The third-order valence-electron chi connectivity index (χ3n) is 6.60. The lowest BCUT2D eigenvalue weighted by Gasteiger charge is -2.13. The summed E-state index contributed by atoms with van der Waals surface area (Å²) in [5.41, 5.74) is 7.03. The summed E-state index contributed by atoms with van der Waals surface area (Å²) < 4.78 is 0. The number of nitrogens with zero attached hydrogens (tertiary/aromatic N) is 2. The first kappa shape index (κ1) is 25.2. The van der Waals surface area contributed by atoms with Crippen molar-refractivity contribution in [3.8, 4) is 11.5 Å². The minimum absolute atomic E-state index is 0.261. The van der Waals surface area contributed by atoms with E-state index in [-0.39, 0.29) is 11.5 Å². The fourth-order valence-corrected chi connectivity index (χ4v) is 3.85. The monoisotopic (exact) mass is 456 g/mol. The maximum atomic E-state index is 10.5. The zero-order chi connectivity index (χ0) is 24.8. The van der Waals surface area contributed by atoms with Gasteiger partial charge in [0.2, 0.25) is 0 Å². The van der Waals surface area contributed by atoms with Crippen LogP contribution in [0.25, 0.3) is 0 Å². The van der Waals surface area contributed by atoms with E-state index in [4.69, 9.17) is 0 Å². The Balaban J connectivity index is 1.87. The Bertz CT molecular complexity index is 1120. The van der Waals surface area contributed by atoms with Gasteiger partial charge in [0.25, 0.3) is 0 Å². The average Bonchev–Trinajstić information content (AvgIpc) is 2.84. The lowest BCUT2D eigenvalue weighted by atomic mass is 9.94. The number of benzene rings is 3. The number of phenols is 2. The highest BCUT2D eigenvalue weighted by Gasteiger charge is 2.11.